The van der Waals surface area contributed by atoms with E-state index in [4.69, 9.17) is 5.73 Å². The van der Waals surface area contributed by atoms with Gasteiger partial charge in [0, 0.05) is 24.9 Å². The Morgan fingerprint density at radius 2 is 1.79 bits per heavy atom. The van der Waals surface area contributed by atoms with E-state index in [-0.39, 0.29) is 30.6 Å². The first kappa shape index (κ1) is 27.3. The van der Waals surface area contributed by atoms with Gasteiger partial charge in [0.25, 0.3) is 0 Å². The molecule has 1 aromatic rings. The molecule has 0 saturated carbocycles. The maximum Gasteiger partial charge on any atom is 0.326 e. The van der Waals surface area contributed by atoms with Crippen LogP contribution < -0.4 is 16.4 Å². The molecule has 0 aliphatic carbocycles. The van der Waals surface area contributed by atoms with Crippen LogP contribution in [-0.4, -0.2) is 74.4 Å². The number of hydrogen-bond donors (Lipinski definition) is 5. The van der Waals surface area contributed by atoms with Crippen LogP contribution in [0, 0.1) is 11.8 Å². The van der Waals surface area contributed by atoms with E-state index in [0.717, 1.165) is 5.69 Å². The molecule has 1 aromatic heterocycles. The largest absolute Gasteiger partial charge is 0.480 e. The molecule has 2 rings (SSSR count). The van der Waals surface area contributed by atoms with E-state index in [1.165, 1.54) is 11.2 Å². The number of hydrogen-bond acceptors (Lipinski definition) is 6. The summed E-state index contributed by atoms with van der Waals surface area (Å²) in [7, 11) is 0. The van der Waals surface area contributed by atoms with Crippen molar-refractivity contribution in [2.75, 3.05) is 6.54 Å². The SMILES string of the molecule is CC(C)CC(NC(=O)C(CC(C)C)NC(=O)C1CCCN1C(=O)C(N)Cc1cnc[nH]1)C(=O)O. The first-order valence-corrected chi connectivity index (χ1v) is 11.9. The van der Waals surface area contributed by atoms with Gasteiger partial charge < -0.3 is 31.4 Å². The van der Waals surface area contributed by atoms with Crippen molar-refractivity contribution >= 4 is 23.7 Å². The van der Waals surface area contributed by atoms with Gasteiger partial charge >= 0.3 is 5.97 Å². The number of nitrogens with two attached hydrogens (primary N) is 1. The summed E-state index contributed by atoms with van der Waals surface area (Å²) >= 11 is 0. The topological polar surface area (TPSA) is 171 Å². The molecule has 4 atom stereocenters. The molecule has 1 fully saturated rings. The fraction of sp³-hybridized carbons (Fsp3) is 0.696. The summed E-state index contributed by atoms with van der Waals surface area (Å²) in [6.45, 7) is 7.98. The van der Waals surface area contributed by atoms with Crippen LogP contribution in [0.15, 0.2) is 12.5 Å². The minimum Gasteiger partial charge on any atom is -0.480 e. The fourth-order valence-corrected chi connectivity index (χ4v) is 4.17. The summed E-state index contributed by atoms with van der Waals surface area (Å²) < 4.78 is 0. The summed E-state index contributed by atoms with van der Waals surface area (Å²) in [5.41, 5.74) is 6.82. The summed E-state index contributed by atoms with van der Waals surface area (Å²) in [4.78, 5) is 58.9. The Morgan fingerprint density at radius 1 is 1.15 bits per heavy atom. The number of nitrogens with zero attached hydrogens (tertiary/aromatic N) is 2. The van der Waals surface area contributed by atoms with Crippen molar-refractivity contribution in [2.24, 2.45) is 17.6 Å². The molecule has 1 aliphatic heterocycles. The highest BCUT2D eigenvalue weighted by molar-refractivity contribution is 5.94. The molecule has 4 unspecified atom stereocenters. The van der Waals surface area contributed by atoms with Crippen LogP contribution in [0.5, 0.6) is 0 Å². The zero-order valence-corrected chi connectivity index (χ0v) is 20.4. The summed E-state index contributed by atoms with van der Waals surface area (Å²) in [5.74, 6) is -2.27. The average molecular weight is 479 g/mol. The van der Waals surface area contributed by atoms with Gasteiger partial charge in [-0.1, -0.05) is 27.7 Å². The molecular weight excluding hydrogens is 440 g/mol. The summed E-state index contributed by atoms with van der Waals surface area (Å²) in [6.07, 6.45) is 5.12. The van der Waals surface area contributed by atoms with E-state index < -0.39 is 42.0 Å². The number of amides is 3. The number of imidazole rings is 1. The third-order valence-electron chi connectivity index (χ3n) is 5.81. The molecule has 3 amide bonds. The molecule has 2 heterocycles. The van der Waals surface area contributed by atoms with Crippen LogP contribution >= 0.6 is 0 Å². The number of likely N-dealkylation sites (tertiary alicyclic amines) is 1. The number of carbonyl (C=O) groups excluding carboxylic acids is 3. The van der Waals surface area contributed by atoms with Gasteiger partial charge in [-0.15, -0.1) is 0 Å². The average Bonchev–Trinajstić information content (AvgIpc) is 3.43. The molecule has 1 saturated heterocycles. The van der Waals surface area contributed by atoms with E-state index >= 15 is 0 Å². The number of H-pyrrole nitrogens is 1. The Hall–Kier alpha value is -2.95. The monoisotopic (exact) mass is 478 g/mol. The lowest BCUT2D eigenvalue weighted by molar-refractivity contribution is -0.143. The van der Waals surface area contributed by atoms with Crippen LogP contribution in [0.4, 0.5) is 0 Å². The van der Waals surface area contributed by atoms with Gasteiger partial charge in [-0.3, -0.25) is 14.4 Å². The highest BCUT2D eigenvalue weighted by atomic mass is 16.4. The van der Waals surface area contributed by atoms with E-state index in [0.29, 0.717) is 25.8 Å². The molecule has 0 radical (unpaired) electrons. The summed E-state index contributed by atoms with van der Waals surface area (Å²) in [6, 6.07) is -3.49. The number of carboxylic acid groups (broad SMARTS) is 1. The highest BCUT2D eigenvalue weighted by Gasteiger charge is 2.38. The van der Waals surface area contributed by atoms with Crippen LogP contribution in [0.3, 0.4) is 0 Å². The predicted octanol–water partition coefficient (Wildman–Crippen LogP) is 0.417. The molecule has 11 nitrogen and oxygen atoms in total. The van der Waals surface area contributed by atoms with Crippen molar-refractivity contribution in [3.8, 4) is 0 Å². The van der Waals surface area contributed by atoms with Gasteiger partial charge in [-0.2, -0.15) is 0 Å². The Kier molecular flexibility index (Phi) is 10.0. The lowest BCUT2D eigenvalue weighted by Crippen LogP contribution is -2.57. The standard InChI is InChI=1S/C23H38N6O5/c1-13(2)8-17(20(30)28-18(23(33)34)9-14(3)4)27-21(31)19-6-5-7-29(19)22(32)16(24)10-15-11-25-12-26-15/h11-14,16-19H,5-10,24H2,1-4H3,(H,25,26)(H,27,31)(H,28,30)(H,33,34). The molecule has 0 spiro atoms. The van der Waals surface area contributed by atoms with Crippen molar-refractivity contribution in [3.63, 3.8) is 0 Å². The molecule has 11 heteroatoms. The molecule has 0 aromatic carbocycles. The van der Waals surface area contributed by atoms with Gasteiger partial charge in [0.15, 0.2) is 0 Å². The highest BCUT2D eigenvalue weighted by Crippen LogP contribution is 2.20. The molecule has 0 bridgehead atoms. The second kappa shape index (κ2) is 12.5. The Bertz CT molecular complexity index is 841. The maximum absolute atomic E-state index is 13.1. The van der Waals surface area contributed by atoms with E-state index in [2.05, 4.69) is 20.6 Å². The van der Waals surface area contributed by atoms with Crippen molar-refractivity contribution in [1.82, 2.24) is 25.5 Å². The van der Waals surface area contributed by atoms with Gasteiger partial charge in [0.05, 0.1) is 12.4 Å². The number of aromatic nitrogens is 2. The maximum atomic E-state index is 13.1. The Labute approximate surface area is 200 Å². The van der Waals surface area contributed by atoms with Crippen molar-refractivity contribution < 1.29 is 24.3 Å². The molecule has 1 aliphatic rings. The lowest BCUT2D eigenvalue weighted by Gasteiger charge is -2.29. The molecular formula is C23H38N6O5. The third-order valence-corrected chi connectivity index (χ3v) is 5.81. The zero-order chi connectivity index (χ0) is 25.4. The smallest absolute Gasteiger partial charge is 0.326 e. The Balaban J connectivity index is 2.07. The first-order chi connectivity index (χ1) is 16.0. The number of nitrogens with one attached hydrogen (secondary N) is 3. The van der Waals surface area contributed by atoms with Crippen LogP contribution in [0.25, 0.3) is 0 Å². The number of rotatable bonds is 12. The second-order valence-electron chi connectivity index (χ2n) is 9.80. The fourth-order valence-electron chi connectivity index (χ4n) is 4.17. The number of aromatic amines is 1. The molecule has 34 heavy (non-hydrogen) atoms. The lowest BCUT2D eigenvalue weighted by atomic mass is 10.00. The number of carbonyl (C=O) groups is 4. The van der Waals surface area contributed by atoms with Crippen LogP contribution in [0.1, 0.15) is 59.1 Å². The van der Waals surface area contributed by atoms with Gasteiger partial charge in [0.1, 0.15) is 18.1 Å². The zero-order valence-electron chi connectivity index (χ0n) is 20.4. The predicted molar refractivity (Wildman–Crippen MR) is 125 cm³/mol. The Morgan fingerprint density at radius 3 is 2.35 bits per heavy atom. The minimum atomic E-state index is -1.12. The number of carboxylic acids is 1. The second-order valence-corrected chi connectivity index (χ2v) is 9.80. The number of aliphatic carboxylic acids is 1. The minimum absolute atomic E-state index is 0.0727. The van der Waals surface area contributed by atoms with Crippen molar-refractivity contribution in [3.05, 3.63) is 18.2 Å². The van der Waals surface area contributed by atoms with Crippen molar-refractivity contribution in [2.45, 2.75) is 84.0 Å². The van der Waals surface area contributed by atoms with Crippen molar-refractivity contribution in [1.29, 1.82) is 0 Å². The van der Waals surface area contributed by atoms with Gasteiger partial charge in [0.2, 0.25) is 17.7 Å². The first-order valence-electron chi connectivity index (χ1n) is 11.9. The van der Waals surface area contributed by atoms with Crippen LogP contribution in [0.2, 0.25) is 0 Å². The van der Waals surface area contributed by atoms with Gasteiger partial charge in [-0.05, 0) is 37.5 Å². The normalized spacial score (nSPS) is 18.6. The molecule has 190 valence electrons. The van der Waals surface area contributed by atoms with Crippen LogP contribution in [-0.2, 0) is 25.6 Å². The van der Waals surface area contributed by atoms with E-state index in [1.807, 2.05) is 27.7 Å². The summed E-state index contributed by atoms with van der Waals surface area (Å²) in [5, 5.41) is 14.8. The van der Waals surface area contributed by atoms with Gasteiger partial charge in [-0.25, -0.2) is 9.78 Å². The van der Waals surface area contributed by atoms with E-state index in [1.54, 1.807) is 6.20 Å². The third kappa shape index (κ3) is 7.82. The molecule has 6 N–H and O–H groups in total. The van der Waals surface area contributed by atoms with E-state index in [9.17, 15) is 24.3 Å². The quantitative estimate of drug-likeness (QED) is 0.290.